The van der Waals surface area contributed by atoms with E-state index in [1.807, 2.05) is 0 Å². The molecule has 0 fully saturated rings. The van der Waals surface area contributed by atoms with Gasteiger partial charge in [0.15, 0.2) is 0 Å². The number of allylic oxidation sites excluding steroid dienone is 8. The van der Waals surface area contributed by atoms with Crippen LogP contribution in [-0.4, -0.2) is 5.43 Å². The summed E-state index contributed by atoms with van der Waals surface area (Å²) in [6.07, 6.45) is 11.4. The van der Waals surface area contributed by atoms with Crippen molar-refractivity contribution in [1.29, 1.82) is 0 Å². The first kappa shape index (κ1) is 35.0. The summed E-state index contributed by atoms with van der Waals surface area (Å²) in [6, 6.07) is 10.8. The van der Waals surface area contributed by atoms with E-state index < -0.39 is 0 Å². The largest absolute Gasteiger partial charge is 1.00 e. The van der Waals surface area contributed by atoms with Crippen molar-refractivity contribution < 1.29 is 48.1 Å². The third kappa shape index (κ3) is 12.4. The third-order valence-electron chi connectivity index (χ3n) is 5.35. The molecule has 1 aromatic rings. The summed E-state index contributed by atoms with van der Waals surface area (Å²) in [7, 11) is 0. The van der Waals surface area contributed by atoms with E-state index in [4.69, 9.17) is 0 Å². The second-order valence-corrected chi connectivity index (χ2v) is 18.1. The minimum absolute atomic E-state index is 0. The van der Waals surface area contributed by atoms with E-state index in [0.717, 1.165) is 0 Å². The molecule has 4 heteroatoms. The van der Waals surface area contributed by atoms with E-state index in [0.29, 0.717) is 22.7 Å². The molecule has 0 saturated heterocycles. The van der Waals surface area contributed by atoms with Crippen LogP contribution >= 0.6 is 0 Å². The van der Waals surface area contributed by atoms with Crippen LogP contribution in [0.25, 0.3) is 0 Å². The quantitative estimate of drug-likeness (QED) is 0.351. The third-order valence-corrected chi connectivity index (χ3v) is 8.68. The van der Waals surface area contributed by atoms with Gasteiger partial charge in [-0.2, -0.15) is 23.3 Å². The second-order valence-electron chi connectivity index (χ2n) is 10.8. The van der Waals surface area contributed by atoms with Gasteiger partial charge in [0.25, 0.3) is 0 Å². The molecule has 0 spiro atoms. The molecule has 1 aromatic carbocycles. The predicted molar refractivity (Wildman–Crippen MR) is 136 cm³/mol. The predicted octanol–water partition coefficient (Wildman–Crippen LogP) is 1.79. The average molecular weight is 581 g/mol. The molecule has 0 saturated carbocycles. The Bertz CT molecular complexity index is 828. The van der Waals surface area contributed by atoms with Gasteiger partial charge in [-0.05, 0) is 0 Å². The molecule has 0 N–H and O–H groups in total. The number of hydrogen-bond donors (Lipinski definition) is 0. The zero-order valence-corrected chi connectivity index (χ0v) is 27.4. The topological polar surface area (TPSA) is 0 Å². The Hall–Kier alpha value is -0.140. The summed E-state index contributed by atoms with van der Waals surface area (Å²) in [4.78, 5) is 0. The standard InChI is InChI=1S/2C11H17.C7H8Si.2ClH.Zr/c2*1-8-6-9(2)10(7-8)11(3,4)5;1-8-7-5-3-2-4-6-7;;;/h2*7-8H,1-5H3;2-6H,1H3;2*1H;/q2*-1;;;;+2/p-2. The van der Waals surface area contributed by atoms with Gasteiger partial charge >= 0.3 is 70.8 Å². The van der Waals surface area contributed by atoms with Gasteiger partial charge in [0, 0.05) is 0 Å². The van der Waals surface area contributed by atoms with Gasteiger partial charge < -0.3 is 24.8 Å². The first-order valence-electron chi connectivity index (χ1n) is 11.4. The van der Waals surface area contributed by atoms with Crippen LogP contribution in [0.2, 0.25) is 6.55 Å². The SMILES string of the molecule is CC1=[C-]C(C)C=C1C(C)(C)C.CC1=[C-]C(C)C=C1C(C)(C)C.C[Si](=[Zr+2])c1ccccc1.[Cl-].[Cl-]. The summed E-state index contributed by atoms with van der Waals surface area (Å²) in [5, 5.41) is 1.56. The molecule has 0 aromatic heterocycles. The average Bonchev–Trinajstić information content (AvgIpc) is 3.17. The van der Waals surface area contributed by atoms with Gasteiger partial charge in [0.2, 0.25) is 0 Å². The molecule has 0 radical (unpaired) electrons. The Morgan fingerprint density at radius 1 is 0.727 bits per heavy atom. The summed E-state index contributed by atoms with van der Waals surface area (Å²) in [5.41, 5.74) is 6.07. The van der Waals surface area contributed by atoms with Crippen LogP contribution in [0.4, 0.5) is 0 Å². The maximum atomic E-state index is 3.40. The van der Waals surface area contributed by atoms with Gasteiger partial charge in [0.1, 0.15) is 0 Å². The van der Waals surface area contributed by atoms with Crippen molar-refractivity contribution in [3.63, 3.8) is 0 Å². The van der Waals surface area contributed by atoms with Gasteiger partial charge in [-0.1, -0.05) is 91.9 Å². The fourth-order valence-corrected chi connectivity index (χ4v) is 5.91. The molecule has 0 heterocycles. The Balaban J connectivity index is 0. The van der Waals surface area contributed by atoms with Crippen LogP contribution in [0.5, 0.6) is 0 Å². The van der Waals surface area contributed by atoms with Crippen LogP contribution < -0.4 is 30.0 Å². The summed E-state index contributed by atoms with van der Waals surface area (Å²) < 4.78 is 0. The van der Waals surface area contributed by atoms with Crippen LogP contribution in [-0.2, 0) is 23.3 Å². The molecule has 0 bridgehead atoms. The molecule has 2 aliphatic rings. The van der Waals surface area contributed by atoms with E-state index in [1.54, 1.807) is 28.5 Å². The number of hydrogen-bond acceptors (Lipinski definition) is 0. The number of benzene rings is 1. The Kier molecular flexibility index (Phi) is 16.0. The van der Waals surface area contributed by atoms with Crippen molar-refractivity contribution in [2.45, 2.75) is 75.8 Å². The maximum Gasteiger partial charge on any atom is -1.00 e. The zero-order valence-electron chi connectivity index (χ0n) is 22.5. The Labute approximate surface area is 232 Å². The second kappa shape index (κ2) is 15.1. The minimum Gasteiger partial charge on any atom is -1.00 e. The van der Waals surface area contributed by atoms with E-state index >= 15 is 0 Å². The van der Waals surface area contributed by atoms with Crippen LogP contribution in [0, 0.1) is 34.8 Å². The summed E-state index contributed by atoms with van der Waals surface area (Å²) in [6.45, 7) is 24.5. The normalized spacial score (nSPS) is 19.2. The molecule has 182 valence electrons. The van der Waals surface area contributed by atoms with Crippen molar-refractivity contribution in [2.24, 2.45) is 22.7 Å². The fourth-order valence-electron chi connectivity index (χ4n) is 3.99. The fraction of sp³-hybridized carbons (Fsp3) is 0.517. The van der Waals surface area contributed by atoms with Crippen molar-refractivity contribution in [2.75, 3.05) is 0 Å². The van der Waals surface area contributed by atoms with Crippen molar-refractivity contribution in [1.82, 2.24) is 0 Å². The molecule has 0 nitrogen and oxygen atoms in total. The summed E-state index contributed by atoms with van der Waals surface area (Å²) >= 11 is 1.69. The minimum atomic E-state index is -0.122. The Morgan fingerprint density at radius 3 is 1.21 bits per heavy atom. The zero-order chi connectivity index (χ0) is 24.0. The molecular weight excluding hydrogens is 539 g/mol. The van der Waals surface area contributed by atoms with E-state index in [1.165, 1.54) is 22.3 Å². The molecule has 33 heavy (non-hydrogen) atoms. The first-order chi connectivity index (χ1) is 14.1. The molecule has 2 aliphatic carbocycles. The number of halogens is 2. The van der Waals surface area contributed by atoms with Crippen LogP contribution in [0.15, 0.2) is 64.8 Å². The smallest absolute Gasteiger partial charge is 1.00 e. The summed E-state index contributed by atoms with van der Waals surface area (Å²) in [5.74, 6) is 1.04. The van der Waals surface area contributed by atoms with Gasteiger partial charge in [-0.25, -0.2) is 11.1 Å². The van der Waals surface area contributed by atoms with E-state index in [9.17, 15) is 0 Å². The number of rotatable bonds is 1. The monoisotopic (exact) mass is 578 g/mol. The van der Waals surface area contributed by atoms with Crippen molar-refractivity contribution in [3.05, 3.63) is 76.9 Å². The molecule has 0 aliphatic heterocycles. The van der Waals surface area contributed by atoms with E-state index in [2.05, 4.69) is 130 Å². The molecule has 2 atom stereocenters. The molecular formula is C29H42Cl2SiZr-2. The van der Waals surface area contributed by atoms with Gasteiger partial charge in [-0.3, -0.25) is 12.2 Å². The molecule has 0 amide bonds. The van der Waals surface area contributed by atoms with Gasteiger partial charge in [-0.15, -0.1) is 0 Å². The maximum absolute atomic E-state index is 3.40. The Morgan fingerprint density at radius 2 is 1.06 bits per heavy atom. The first-order valence-corrected chi connectivity index (χ1v) is 17.1. The van der Waals surface area contributed by atoms with Crippen molar-refractivity contribution >= 4 is 10.6 Å². The van der Waals surface area contributed by atoms with E-state index in [-0.39, 0.29) is 30.2 Å². The molecule has 2 unspecified atom stereocenters. The van der Waals surface area contributed by atoms with Crippen LogP contribution in [0.3, 0.4) is 0 Å². The van der Waals surface area contributed by atoms with Crippen molar-refractivity contribution in [3.8, 4) is 0 Å². The van der Waals surface area contributed by atoms with Crippen LogP contribution in [0.1, 0.15) is 69.2 Å². The van der Waals surface area contributed by atoms with Gasteiger partial charge in [0.05, 0.1) is 0 Å². The molecule has 3 rings (SSSR count).